The number of ketones is 1. The highest BCUT2D eigenvalue weighted by Crippen LogP contribution is 2.28. The van der Waals surface area contributed by atoms with Crippen LogP contribution in [-0.4, -0.2) is 14.2 Å². The lowest BCUT2D eigenvalue weighted by molar-refractivity contribution is 0.101. The molecule has 0 aromatic heterocycles. The average molecular weight is 364 g/mol. The smallest absolute Gasteiger partial charge is 0.207 e. The second-order valence-corrected chi connectivity index (χ2v) is 7.11. The highest BCUT2D eigenvalue weighted by Gasteiger charge is 2.21. The molecule has 0 bridgehead atoms. The number of Topliss-reactive ketones (excluding diaryl/α,β-unsaturated/α-hetero) is 1. The monoisotopic (exact) mass is 363 g/mol. The number of carbonyl (C=O) groups is 1. The quantitative estimate of drug-likeness (QED) is 0.783. The number of carbonyl (C=O) groups excluding carboxylic acids is 1. The Morgan fingerprint density at radius 3 is 2.24 bits per heavy atom. The Balaban J connectivity index is 2.52. The van der Waals surface area contributed by atoms with Gasteiger partial charge < -0.3 is 0 Å². The molecule has 106 valence electrons. The van der Waals surface area contributed by atoms with E-state index in [1.165, 1.54) is 49.4 Å². The Hall–Kier alpha value is -1.97. The number of sulfone groups is 1. The summed E-state index contributed by atoms with van der Waals surface area (Å²) in [4.78, 5) is 11.4. The van der Waals surface area contributed by atoms with E-state index in [2.05, 4.69) is 15.9 Å². The van der Waals surface area contributed by atoms with Gasteiger partial charge in [0.2, 0.25) is 9.84 Å². The first-order chi connectivity index (χ1) is 9.86. The van der Waals surface area contributed by atoms with E-state index in [1.807, 2.05) is 6.07 Å². The molecule has 0 aliphatic carbocycles. The lowest BCUT2D eigenvalue weighted by Gasteiger charge is -2.07. The zero-order valence-electron chi connectivity index (χ0n) is 11.0. The van der Waals surface area contributed by atoms with Crippen LogP contribution in [0.2, 0.25) is 0 Å². The molecule has 0 atom stereocenters. The summed E-state index contributed by atoms with van der Waals surface area (Å²) in [7, 11) is -3.70. The van der Waals surface area contributed by atoms with Crippen molar-refractivity contribution in [2.24, 2.45) is 0 Å². The van der Waals surface area contributed by atoms with Crippen LogP contribution in [0.4, 0.5) is 0 Å². The van der Waals surface area contributed by atoms with Crippen molar-refractivity contribution < 1.29 is 13.2 Å². The molecule has 2 aromatic carbocycles. The molecule has 0 aliphatic heterocycles. The van der Waals surface area contributed by atoms with Gasteiger partial charge in [0.15, 0.2) is 5.78 Å². The highest BCUT2D eigenvalue weighted by molar-refractivity contribution is 9.10. The molecule has 0 saturated carbocycles. The topological polar surface area (TPSA) is 75.0 Å². The largest absolute Gasteiger partial charge is 0.295 e. The third-order valence-electron chi connectivity index (χ3n) is 2.92. The van der Waals surface area contributed by atoms with Crippen LogP contribution in [0.15, 0.2) is 56.7 Å². The number of nitrogens with zero attached hydrogens (tertiary/aromatic N) is 1. The molecule has 0 unspecified atom stereocenters. The lowest BCUT2D eigenvalue weighted by atomic mass is 10.2. The van der Waals surface area contributed by atoms with Gasteiger partial charge >= 0.3 is 0 Å². The Labute approximate surface area is 131 Å². The van der Waals surface area contributed by atoms with Crippen molar-refractivity contribution in [3.05, 3.63) is 58.1 Å². The van der Waals surface area contributed by atoms with E-state index in [0.717, 1.165) is 0 Å². The van der Waals surface area contributed by atoms with Crippen LogP contribution >= 0.6 is 15.9 Å². The minimum Gasteiger partial charge on any atom is -0.295 e. The van der Waals surface area contributed by atoms with Gasteiger partial charge in [-0.15, -0.1) is 0 Å². The maximum Gasteiger partial charge on any atom is 0.207 e. The maximum atomic E-state index is 12.5. The van der Waals surface area contributed by atoms with Gasteiger partial charge in [-0.25, -0.2) is 8.42 Å². The van der Waals surface area contributed by atoms with E-state index >= 15 is 0 Å². The van der Waals surface area contributed by atoms with E-state index < -0.39 is 9.84 Å². The fourth-order valence-electron chi connectivity index (χ4n) is 1.78. The molecule has 4 nitrogen and oxygen atoms in total. The van der Waals surface area contributed by atoms with Crippen molar-refractivity contribution in [3.63, 3.8) is 0 Å². The lowest BCUT2D eigenvalue weighted by Crippen LogP contribution is -2.04. The van der Waals surface area contributed by atoms with Gasteiger partial charge in [-0.3, -0.25) is 4.79 Å². The van der Waals surface area contributed by atoms with Gasteiger partial charge in [0, 0.05) is 10.0 Å². The van der Waals surface area contributed by atoms with Crippen molar-refractivity contribution in [1.29, 1.82) is 5.26 Å². The van der Waals surface area contributed by atoms with E-state index in [0.29, 0.717) is 15.6 Å². The summed E-state index contributed by atoms with van der Waals surface area (Å²) in [6, 6.07) is 12.0. The summed E-state index contributed by atoms with van der Waals surface area (Å²) in [5.74, 6) is -0.126. The van der Waals surface area contributed by atoms with Gasteiger partial charge in [0.25, 0.3) is 0 Å². The molecule has 0 fully saturated rings. The maximum absolute atomic E-state index is 12.5. The summed E-state index contributed by atoms with van der Waals surface area (Å²) >= 11 is 3.17. The minimum absolute atomic E-state index is 0.0806. The van der Waals surface area contributed by atoms with Crippen LogP contribution in [0, 0.1) is 11.3 Å². The van der Waals surface area contributed by atoms with Gasteiger partial charge in [-0.1, -0.05) is 12.1 Å². The summed E-state index contributed by atoms with van der Waals surface area (Å²) in [6.45, 7) is 1.42. The van der Waals surface area contributed by atoms with E-state index in [9.17, 15) is 13.2 Å². The summed E-state index contributed by atoms with van der Waals surface area (Å²) in [6.07, 6.45) is 0. The molecule has 6 heteroatoms. The molecular weight excluding hydrogens is 354 g/mol. The molecule has 0 radical (unpaired) electrons. The Morgan fingerprint density at radius 1 is 1.14 bits per heavy atom. The summed E-state index contributed by atoms with van der Waals surface area (Å²) in [5, 5.41) is 8.80. The number of halogens is 1. The van der Waals surface area contributed by atoms with E-state index in [1.54, 1.807) is 0 Å². The number of hydrogen-bond donors (Lipinski definition) is 0. The number of nitriles is 1. The van der Waals surface area contributed by atoms with Crippen molar-refractivity contribution in [2.45, 2.75) is 16.7 Å². The molecule has 0 aliphatic rings. The van der Waals surface area contributed by atoms with Crippen molar-refractivity contribution >= 4 is 31.6 Å². The van der Waals surface area contributed by atoms with E-state index in [4.69, 9.17) is 5.26 Å². The molecule has 2 aromatic rings. The molecule has 0 N–H and O–H groups in total. The summed E-state index contributed by atoms with van der Waals surface area (Å²) < 4.78 is 25.4. The average Bonchev–Trinajstić information content (AvgIpc) is 2.46. The number of benzene rings is 2. The van der Waals surface area contributed by atoms with Crippen LogP contribution in [0.5, 0.6) is 0 Å². The third kappa shape index (κ3) is 3.04. The fraction of sp³-hybridized carbons (Fsp3) is 0.0667. The van der Waals surface area contributed by atoms with Crippen LogP contribution < -0.4 is 0 Å². The summed E-state index contributed by atoms with van der Waals surface area (Å²) in [5.41, 5.74) is 0.820. The van der Waals surface area contributed by atoms with Crippen LogP contribution in [0.1, 0.15) is 22.8 Å². The normalized spacial score (nSPS) is 10.9. The van der Waals surface area contributed by atoms with Crippen LogP contribution in [-0.2, 0) is 9.84 Å². The van der Waals surface area contributed by atoms with Gasteiger partial charge in [-0.05, 0) is 53.2 Å². The highest BCUT2D eigenvalue weighted by atomic mass is 79.9. The van der Waals surface area contributed by atoms with Crippen LogP contribution in [0.25, 0.3) is 0 Å². The minimum atomic E-state index is -3.70. The molecule has 0 heterocycles. The van der Waals surface area contributed by atoms with Gasteiger partial charge in [0.05, 0.1) is 21.4 Å². The van der Waals surface area contributed by atoms with Crippen molar-refractivity contribution in [2.75, 3.05) is 0 Å². The molecule has 21 heavy (non-hydrogen) atoms. The second kappa shape index (κ2) is 5.80. The SMILES string of the molecule is CC(=O)c1ccc(S(=O)(=O)c2ccc(C#N)cc2Br)cc1. The first-order valence-corrected chi connectivity index (χ1v) is 8.19. The van der Waals surface area contributed by atoms with Crippen molar-refractivity contribution in [3.8, 4) is 6.07 Å². The van der Waals surface area contributed by atoms with Gasteiger partial charge in [-0.2, -0.15) is 5.26 Å². The Kier molecular flexibility index (Phi) is 4.26. The third-order valence-corrected chi connectivity index (χ3v) is 5.67. The standard InChI is InChI=1S/C15H10BrNO3S/c1-10(18)12-3-5-13(6-4-12)21(19,20)15-7-2-11(9-17)8-14(15)16/h2-8H,1H3. The molecule has 2 rings (SSSR count). The number of rotatable bonds is 3. The first kappa shape index (κ1) is 15.4. The van der Waals surface area contributed by atoms with E-state index in [-0.39, 0.29) is 15.6 Å². The first-order valence-electron chi connectivity index (χ1n) is 5.92. The Bertz CT molecular complexity index is 849. The zero-order chi connectivity index (χ0) is 15.6. The molecule has 0 spiro atoms. The fourth-order valence-corrected chi connectivity index (χ4v) is 4.11. The Morgan fingerprint density at radius 2 is 1.76 bits per heavy atom. The predicted molar refractivity (Wildman–Crippen MR) is 80.8 cm³/mol. The van der Waals surface area contributed by atoms with Gasteiger partial charge in [0.1, 0.15) is 0 Å². The predicted octanol–water partition coefficient (Wildman–Crippen LogP) is 3.36. The van der Waals surface area contributed by atoms with Crippen molar-refractivity contribution in [1.82, 2.24) is 0 Å². The second-order valence-electron chi connectivity index (χ2n) is 4.34. The molecule has 0 amide bonds. The number of hydrogen-bond acceptors (Lipinski definition) is 4. The molecule has 0 saturated heterocycles. The molecular formula is C15H10BrNO3S. The van der Waals surface area contributed by atoms with Crippen LogP contribution in [0.3, 0.4) is 0 Å². The zero-order valence-corrected chi connectivity index (χ0v) is 13.4.